The Kier molecular flexibility index (Phi) is 7.17. The average molecular weight is 356 g/mol. The number of hydrogen-bond donors (Lipinski definition) is 1. The molecule has 1 unspecified atom stereocenters. The van der Waals surface area contributed by atoms with Crippen LogP contribution >= 0.6 is 0 Å². The van der Waals surface area contributed by atoms with Gasteiger partial charge in [-0.05, 0) is 18.1 Å². The van der Waals surface area contributed by atoms with Crippen LogP contribution < -0.4 is 5.43 Å². The largest absolute Gasteiger partial charge is 0.443 e. The van der Waals surface area contributed by atoms with E-state index in [1.54, 1.807) is 24.3 Å². The highest BCUT2D eigenvalue weighted by Crippen LogP contribution is 2.05. The van der Waals surface area contributed by atoms with Crippen molar-refractivity contribution in [2.24, 2.45) is 0 Å². The summed E-state index contributed by atoms with van der Waals surface area (Å²) >= 11 is 0. The van der Waals surface area contributed by atoms with Crippen LogP contribution in [-0.4, -0.2) is 29.5 Å². The number of ether oxygens (including phenoxy) is 2. The third kappa shape index (κ3) is 5.94. The molecule has 0 aliphatic carbocycles. The first kappa shape index (κ1) is 19.0. The molecule has 7 nitrogen and oxygen atoms in total. The van der Waals surface area contributed by atoms with E-state index in [1.807, 2.05) is 36.4 Å². The number of benzene rings is 2. The van der Waals surface area contributed by atoms with Gasteiger partial charge < -0.3 is 14.3 Å². The zero-order valence-corrected chi connectivity index (χ0v) is 14.3. The maximum atomic E-state index is 12.2. The molecule has 0 saturated heterocycles. The number of nitrogens with one attached hydrogen (secondary N) is 1. The molecule has 0 saturated carbocycles. The van der Waals surface area contributed by atoms with Gasteiger partial charge in [-0.2, -0.15) is 0 Å². The zero-order chi connectivity index (χ0) is 18.8. The van der Waals surface area contributed by atoms with E-state index in [1.165, 1.54) is 6.92 Å². The third-order valence-corrected chi connectivity index (χ3v) is 3.43. The smallest absolute Gasteiger partial charge is 0.429 e. The number of nitrogens with zero attached hydrogens (tertiary/aromatic N) is 1. The van der Waals surface area contributed by atoms with E-state index < -0.39 is 18.2 Å². The molecule has 0 aromatic heterocycles. The minimum Gasteiger partial charge on any atom is -0.443 e. The number of rotatable bonds is 6. The Morgan fingerprint density at radius 1 is 0.962 bits per heavy atom. The summed E-state index contributed by atoms with van der Waals surface area (Å²) in [7, 11) is 0. The van der Waals surface area contributed by atoms with E-state index in [0.29, 0.717) is 6.29 Å². The molecule has 2 aromatic carbocycles. The third-order valence-electron chi connectivity index (χ3n) is 3.43. The summed E-state index contributed by atoms with van der Waals surface area (Å²) < 4.78 is 10.2. The second-order valence-electron chi connectivity index (χ2n) is 5.46. The quantitative estimate of drug-likeness (QED) is 0.635. The molecule has 1 N–H and O–H groups in total. The lowest BCUT2D eigenvalue weighted by atomic mass is 10.2. The molecule has 0 fully saturated rings. The number of amides is 2. The second kappa shape index (κ2) is 9.83. The van der Waals surface area contributed by atoms with Crippen LogP contribution in [0.2, 0.25) is 0 Å². The first-order chi connectivity index (χ1) is 12.6. The minimum absolute atomic E-state index is 0.0164. The molecular weight excluding hydrogens is 336 g/mol. The first-order valence-corrected chi connectivity index (χ1v) is 8.02. The van der Waals surface area contributed by atoms with E-state index >= 15 is 0 Å². The highest BCUT2D eigenvalue weighted by atomic mass is 16.6. The summed E-state index contributed by atoms with van der Waals surface area (Å²) in [5.41, 5.74) is 3.82. The fourth-order valence-electron chi connectivity index (χ4n) is 2.02. The molecule has 0 aliphatic rings. The van der Waals surface area contributed by atoms with Crippen LogP contribution in [0.5, 0.6) is 0 Å². The molecule has 0 bridgehead atoms. The molecule has 0 spiro atoms. The van der Waals surface area contributed by atoms with Crippen molar-refractivity contribution < 1.29 is 23.9 Å². The van der Waals surface area contributed by atoms with Crippen LogP contribution in [0.1, 0.15) is 18.1 Å². The normalized spacial score (nSPS) is 11.1. The summed E-state index contributed by atoms with van der Waals surface area (Å²) in [6.07, 6.45) is -1.20. The minimum atomic E-state index is -0.914. The highest BCUT2D eigenvalue weighted by Gasteiger charge is 2.24. The van der Waals surface area contributed by atoms with Crippen molar-refractivity contribution >= 4 is 18.5 Å². The van der Waals surface area contributed by atoms with Gasteiger partial charge in [0.25, 0.3) is 0 Å². The maximum absolute atomic E-state index is 12.2. The summed E-state index contributed by atoms with van der Waals surface area (Å²) in [6, 6.07) is 17.2. The molecule has 0 radical (unpaired) electrons. The van der Waals surface area contributed by atoms with Crippen molar-refractivity contribution in [1.82, 2.24) is 10.4 Å². The van der Waals surface area contributed by atoms with E-state index in [9.17, 15) is 14.4 Å². The summed E-state index contributed by atoms with van der Waals surface area (Å²) in [4.78, 5) is 35.2. The van der Waals surface area contributed by atoms with Crippen LogP contribution in [0.25, 0.3) is 0 Å². The number of aldehydes is 1. The molecule has 7 heteroatoms. The van der Waals surface area contributed by atoms with Crippen molar-refractivity contribution in [3.8, 4) is 0 Å². The van der Waals surface area contributed by atoms with Crippen LogP contribution in [0, 0.1) is 0 Å². The predicted octanol–water partition coefficient (Wildman–Crippen LogP) is 3.05. The van der Waals surface area contributed by atoms with Crippen LogP contribution in [0.4, 0.5) is 9.59 Å². The molecule has 26 heavy (non-hydrogen) atoms. The van der Waals surface area contributed by atoms with E-state index in [-0.39, 0.29) is 13.2 Å². The van der Waals surface area contributed by atoms with Crippen molar-refractivity contribution in [2.75, 3.05) is 0 Å². The van der Waals surface area contributed by atoms with Crippen molar-refractivity contribution in [3.05, 3.63) is 71.8 Å². The summed E-state index contributed by atoms with van der Waals surface area (Å²) in [5, 5.41) is 0.795. The van der Waals surface area contributed by atoms with Crippen LogP contribution in [-0.2, 0) is 27.5 Å². The van der Waals surface area contributed by atoms with Gasteiger partial charge in [0.15, 0.2) is 0 Å². The van der Waals surface area contributed by atoms with E-state index in [2.05, 4.69) is 5.43 Å². The molecule has 0 aliphatic heterocycles. The van der Waals surface area contributed by atoms with Gasteiger partial charge in [-0.15, -0.1) is 0 Å². The zero-order valence-electron chi connectivity index (χ0n) is 14.3. The number of hydrogen-bond acceptors (Lipinski definition) is 5. The number of hydrazine groups is 1. The highest BCUT2D eigenvalue weighted by molar-refractivity contribution is 5.77. The fraction of sp³-hybridized carbons (Fsp3) is 0.211. The first-order valence-electron chi connectivity index (χ1n) is 8.02. The lowest BCUT2D eigenvalue weighted by Crippen LogP contribution is -2.51. The lowest BCUT2D eigenvalue weighted by Gasteiger charge is -2.24. The van der Waals surface area contributed by atoms with Gasteiger partial charge in [0, 0.05) is 0 Å². The molecule has 2 rings (SSSR count). The second-order valence-corrected chi connectivity index (χ2v) is 5.46. The molecule has 2 aromatic rings. The van der Waals surface area contributed by atoms with Gasteiger partial charge in [-0.1, -0.05) is 60.7 Å². The van der Waals surface area contributed by atoms with Gasteiger partial charge in [-0.3, -0.25) is 0 Å². The molecule has 0 heterocycles. The van der Waals surface area contributed by atoms with Gasteiger partial charge in [0.2, 0.25) is 0 Å². The lowest BCUT2D eigenvalue weighted by molar-refractivity contribution is -0.112. The van der Waals surface area contributed by atoms with Crippen LogP contribution in [0.3, 0.4) is 0 Å². The average Bonchev–Trinajstić information content (AvgIpc) is 2.69. The Morgan fingerprint density at radius 3 is 1.96 bits per heavy atom. The van der Waals surface area contributed by atoms with Crippen LogP contribution in [0.15, 0.2) is 60.7 Å². The molecule has 136 valence electrons. The van der Waals surface area contributed by atoms with Crippen molar-refractivity contribution in [2.45, 2.75) is 26.2 Å². The monoisotopic (exact) mass is 356 g/mol. The Hall–Kier alpha value is -3.35. The van der Waals surface area contributed by atoms with Gasteiger partial charge in [-0.25, -0.2) is 20.0 Å². The Balaban J connectivity index is 1.90. The van der Waals surface area contributed by atoms with E-state index in [4.69, 9.17) is 9.47 Å². The summed E-state index contributed by atoms with van der Waals surface area (Å²) in [6.45, 7) is 1.51. The van der Waals surface area contributed by atoms with E-state index in [0.717, 1.165) is 16.1 Å². The SMILES string of the molecule is CC(C=O)N(NC(=O)OCc1ccccc1)C(=O)OCc1ccccc1. The van der Waals surface area contributed by atoms with Crippen molar-refractivity contribution in [3.63, 3.8) is 0 Å². The van der Waals surface area contributed by atoms with Gasteiger partial charge in [0.1, 0.15) is 25.5 Å². The van der Waals surface area contributed by atoms with Crippen molar-refractivity contribution in [1.29, 1.82) is 0 Å². The van der Waals surface area contributed by atoms with Gasteiger partial charge in [0.05, 0.1) is 0 Å². The Bertz CT molecular complexity index is 721. The predicted molar refractivity (Wildman–Crippen MR) is 93.8 cm³/mol. The molecule has 1 atom stereocenters. The fourth-order valence-corrected chi connectivity index (χ4v) is 2.02. The number of carbonyl (C=O) groups is 3. The molecular formula is C19H20N2O5. The Morgan fingerprint density at radius 2 is 1.46 bits per heavy atom. The van der Waals surface area contributed by atoms with Gasteiger partial charge >= 0.3 is 12.2 Å². The standard InChI is InChI=1S/C19H20N2O5/c1-15(12-22)21(19(24)26-14-17-10-6-3-7-11-17)20-18(23)25-13-16-8-4-2-5-9-16/h2-12,15H,13-14H2,1H3,(H,20,23). The number of carbonyl (C=O) groups excluding carboxylic acids is 3. The Labute approximate surface area is 151 Å². The maximum Gasteiger partial charge on any atom is 0.429 e. The summed E-state index contributed by atoms with van der Waals surface area (Å²) in [5.74, 6) is 0. The molecule has 2 amide bonds. The topological polar surface area (TPSA) is 84.9 Å².